The summed E-state index contributed by atoms with van der Waals surface area (Å²) < 4.78 is 35.5. The van der Waals surface area contributed by atoms with Gasteiger partial charge in [-0.15, -0.1) is 0 Å². The molecule has 0 aliphatic heterocycles. The van der Waals surface area contributed by atoms with E-state index < -0.39 is 24.3 Å². The second-order valence-electron chi connectivity index (χ2n) is 5.85. The molecule has 1 amide bonds. The molecule has 2 aromatic rings. The lowest BCUT2D eigenvalue weighted by molar-refractivity contribution is -0.119. The quantitative estimate of drug-likeness (QED) is 0.550. The van der Waals surface area contributed by atoms with Crippen LogP contribution in [0, 0.1) is 5.82 Å². The SMILES string of the molecule is CCOc1cc(C(=O)OCC(=O)Nc2ccc(Cl)cc2F)cc(OCC)c1OCC. The van der Waals surface area contributed by atoms with Gasteiger partial charge in [-0.1, -0.05) is 11.6 Å². The topological polar surface area (TPSA) is 83.1 Å². The maximum Gasteiger partial charge on any atom is 0.338 e. The van der Waals surface area contributed by atoms with E-state index in [1.54, 1.807) is 13.8 Å². The molecule has 30 heavy (non-hydrogen) atoms. The Hall–Kier alpha value is -3.00. The molecule has 0 aliphatic rings. The number of nitrogens with one attached hydrogen (secondary N) is 1. The number of hydrogen-bond donors (Lipinski definition) is 1. The minimum atomic E-state index is -0.772. The number of benzene rings is 2. The molecule has 0 saturated carbocycles. The van der Waals surface area contributed by atoms with Crippen LogP contribution >= 0.6 is 11.6 Å². The molecule has 0 aliphatic carbocycles. The molecule has 0 unspecified atom stereocenters. The van der Waals surface area contributed by atoms with Gasteiger partial charge in [-0.05, 0) is 51.1 Å². The first-order valence-corrected chi connectivity index (χ1v) is 9.75. The summed E-state index contributed by atoms with van der Waals surface area (Å²) in [4.78, 5) is 24.5. The van der Waals surface area contributed by atoms with E-state index in [2.05, 4.69) is 5.32 Å². The zero-order chi connectivity index (χ0) is 22.1. The van der Waals surface area contributed by atoms with E-state index in [0.29, 0.717) is 37.1 Å². The van der Waals surface area contributed by atoms with Crippen molar-refractivity contribution in [3.8, 4) is 17.2 Å². The molecule has 0 fully saturated rings. The van der Waals surface area contributed by atoms with Crippen LogP contribution in [0.3, 0.4) is 0 Å². The molecule has 1 N–H and O–H groups in total. The third kappa shape index (κ3) is 6.25. The fraction of sp³-hybridized carbons (Fsp3) is 0.333. The van der Waals surface area contributed by atoms with Gasteiger partial charge in [-0.2, -0.15) is 0 Å². The second-order valence-corrected chi connectivity index (χ2v) is 6.29. The van der Waals surface area contributed by atoms with Gasteiger partial charge in [0.2, 0.25) is 5.75 Å². The molecule has 7 nitrogen and oxygen atoms in total. The largest absolute Gasteiger partial charge is 0.490 e. The fourth-order valence-electron chi connectivity index (χ4n) is 2.50. The van der Waals surface area contributed by atoms with Crippen LogP contribution in [0.15, 0.2) is 30.3 Å². The van der Waals surface area contributed by atoms with Crippen LogP contribution in [0.4, 0.5) is 10.1 Å². The van der Waals surface area contributed by atoms with E-state index in [1.807, 2.05) is 6.92 Å². The molecule has 2 aromatic carbocycles. The summed E-state index contributed by atoms with van der Waals surface area (Å²) >= 11 is 5.67. The molecular weight excluding hydrogens is 417 g/mol. The summed E-state index contributed by atoms with van der Waals surface area (Å²) in [6.07, 6.45) is 0. The lowest BCUT2D eigenvalue weighted by Gasteiger charge is -2.16. The number of ether oxygens (including phenoxy) is 4. The molecule has 0 spiro atoms. The third-order valence-electron chi connectivity index (χ3n) is 3.68. The van der Waals surface area contributed by atoms with E-state index in [-0.39, 0.29) is 16.3 Å². The molecule has 162 valence electrons. The predicted octanol–water partition coefficient (Wildman–Crippen LogP) is 4.47. The number of halogens is 2. The molecule has 9 heteroatoms. The van der Waals surface area contributed by atoms with Crippen LogP contribution in [0.2, 0.25) is 5.02 Å². The number of esters is 1. The average Bonchev–Trinajstić information content (AvgIpc) is 2.71. The monoisotopic (exact) mass is 439 g/mol. The highest BCUT2D eigenvalue weighted by Crippen LogP contribution is 2.39. The highest BCUT2D eigenvalue weighted by atomic mass is 35.5. The van der Waals surface area contributed by atoms with Crippen LogP contribution in [0.25, 0.3) is 0 Å². The summed E-state index contributed by atoms with van der Waals surface area (Å²) in [7, 11) is 0. The third-order valence-corrected chi connectivity index (χ3v) is 3.92. The predicted molar refractivity (Wildman–Crippen MR) is 110 cm³/mol. The van der Waals surface area contributed by atoms with Gasteiger partial charge in [0, 0.05) is 5.02 Å². The molecule has 0 radical (unpaired) electrons. The fourth-order valence-corrected chi connectivity index (χ4v) is 2.66. The standard InChI is InChI=1S/C21H23ClFNO6/c1-4-27-17-9-13(10-18(28-5-2)20(17)29-6-3)21(26)30-12-19(25)24-16-8-7-14(22)11-15(16)23/h7-11H,4-6,12H2,1-3H3,(H,24,25). The summed E-state index contributed by atoms with van der Waals surface area (Å²) in [5.41, 5.74) is 0.0506. The van der Waals surface area contributed by atoms with Crippen LogP contribution < -0.4 is 19.5 Å². The average molecular weight is 440 g/mol. The van der Waals surface area contributed by atoms with Gasteiger partial charge in [-0.25, -0.2) is 9.18 Å². The van der Waals surface area contributed by atoms with Crippen molar-refractivity contribution in [1.82, 2.24) is 0 Å². The summed E-state index contributed by atoms with van der Waals surface area (Å²) in [6.45, 7) is 5.87. The first-order valence-electron chi connectivity index (χ1n) is 9.38. The van der Waals surface area contributed by atoms with Crippen molar-refractivity contribution in [3.05, 3.63) is 46.7 Å². The molecule has 0 atom stereocenters. The Morgan fingerprint density at radius 3 is 2.10 bits per heavy atom. The first-order chi connectivity index (χ1) is 14.4. The van der Waals surface area contributed by atoms with Crippen LogP contribution in [0.1, 0.15) is 31.1 Å². The Balaban J connectivity index is 2.12. The number of anilines is 1. The number of rotatable bonds is 10. The summed E-state index contributed by atoms with van der Waals surface area (Å²) in [6, 6.07) is 6.71. The van der Waals surface area contributed by atoms with E-state index >= 15 is 0 Å². The van der Waals surface area contributed by atoms with Gasteiger partial charge in [0.25, 0.3) is 5.91 Å². The van der Waals surface area contributed by atoms with Crippen molar-refractivity contribution in [2.24, 2.45) is 0 Å². The number of amides is 1. The molecular formula is C21H23ClFNO6. The van der Waals surface area contributed by atoms with Gasteiger partial charge in [0.15, 0.2) is 18.1 Å². The van der Waals surface area contributed by atoms with Crippen LogP contribution in [-0.4, -0.2) is 38.3 Å². The van der Waals surface area contributed by atoms with Gasteiger partial charge in [0.05, 0.1) is 31.1 Å². The normalized spacial score (nSPS) is 10.3. The zero-order valence-corrected chi connectivity index (χ0v) is 17.7. The lowest BCUT2D eigenvalue weighted by Crippen LogP contribution is -2.21. The Labute approximate surface area is 179 Å². The Kier molecular flexibility index (Phi) is 8.73. The highest BCUT2D eigenvalue weighted by Gasteiger charge is 2.20. The van der Waals surface area contributed by atoms with Gasteiger partial charge in [0.1, 0.15) is 5.82 Å². The van der Waals surface area contributed by atoms with Crippen LogP contribution in [0.5, 0.6) is 17.2 Å². The van der Waals surface area contributed by atoms with E-state index in [1.165, 1.54) is 24.3 Å². The van der Waals surface area contributed by atoms with Gasteiger partial charge < -0.3 is 24.3 Å². The van der Waals surface area contributed by atoms with Crippen molar-refractivity contribution in [2.45, 2.75) is 20.8 Å². The Morgan fingerprint density at radius 1 is 0.967 bits per heavy atom. The van der Waals surface area contributed by atoms with E-state index in [4.69, 9.17) is 30.5 Å². The minimum Gasteiger partial charge on any atom is -0.490 e. The number of hydrogen-bond acceptors (Lipinski definition) is 6. The number of carbonyl (C=O) groups excluding carboxylic acids is 2. The minimum absolute atomic E-state index is 0.0706. The van der Waals surface area contributed by atoms with Crippen LogP contribution in [-0.2, 0) is 9.53 Å². The Bertz CT molecular complexity index is 878. The summed E-state index contributed by atoms with van der Waals surface area (Å²) in [5.74, 6) is -1.14. The van der Waals surface area contributed by atoms with Crippen molar-refractivity contribution in [1.29, 1.82) is 0 Å². The molecule has 0 bridgehead atoms. The van der Waals surface area contributed by atoms with Crippen molar-refractivity contribution in [3.63, 3.8) is 0 Å². The van der Waals surface area contributed by atoms with Gasteiger partial charge >= 0.3 is 5.97 Å². The molecule has 2 rings (SSSR count). The maximum absolute atomic E-state index is 13.8. The van der Waals surface area contributed by atoms with Crippen molar-refractivity contribution < 1.29 is 32.9 Å². The van der Waals surface area contributed by atoms with E-state index in [0.717, 1.165) is 6.07 Å². The van der Waals surface area contributed by atoms with Gasteiger partial charge in [-0.3, -0.25) is 4.79 Å². The van der Waals surface area contributed by atoms with Crippen molar-refractivity contribution in [2.75, 3.05) is 31.7 Å². The number of carbonyl (C=O) groups is 2. The Morgan fingerprint density at radius 2 is 1.57 bits per heavy atom. The highest BCUT2D eigenvalue weighted by molar-refractivity contribution is 6.30. The van der Waals surface area contributed by atoms with E-state index in [9.17, 15) is 14.0 Å². The zero-order valence-electron chi connectivity index (χ0n) is 16.9. The first kappa shape index (κ1) is 23.3. The molecule has 0 heterocycles. The smallest absolute Gasteiger partial charge is 0.338 e. The summed E-state index contributed by atoms with van der Waals surface area (Å²) in [5, 5.41) is 2.51. The van der Waals surface area contributed by atoms with Crippen molar-refractivity contribution >= 4 is 29.2 Å². The lowest BCUT2D eigenvalue weighted by atomic mass is 10.2. The second kappa shape index (κ2) is 11.3. The molecule has 0 aromatic heterocycles. The maximum atomic E-state index is 13.8. The molecule has 0 saturated heterocycles.